The Balaban J connectivity index is 1.52. The van der Waals surface area contributed by atoms with Crippen molar-refractivity contribution in [2.45, 2.75) is 23.3 Å². The van der Waals surface area contributed by atoms with Crippen molar-refractivity contribution in [1.29, 1.82) is 0 Å². The number of anilines is 2. The van der Waals surface area contributed by atoms with Gasteiger partial charge in [-0.2, -0.15) is 0 Å². The molecular formula is C24H19Cl3N2O2S. The van der Waals surface area contributed by atoms with E-state index in [0.717, 1.165) is 23.2 Å². The molecule has 0 radical (unpaired) electrons. The summed E-state index contributed by atoms with van der Waals surface area (Å²) >= 11 is 19.0. The molecule has 8 heteroatoms. The largest absolute Gasteiger partial charge is 0.378 e. The average molecular weight is 506 g/mol. The van der Waals surface area contributed by atoms with Crippen LogP contribution in [0.25, 0.3) is 0 Å². The molecule has 1 heterocycles. The molecular weight excluding hydrogens is 487 g/mol. The van der Waals surface area contributed by atoms with E-state index in [1.165, 1.54) is 0 Å². The van der Waals surface area contributed by atoms with Crippen molar-refractivity contribution in [3.8, 4) is 0 Å². The molecule has 3 aromatic carbocycles. The summed E-state index contributed by atoms with van der Waals surface area (Å²) in [5.74, 6) is 0.239. The Morgan fingerprint density at radius 2 is 1.69 bits per heavy atom. The van der Waals surface area contributed by atoms with Gasteiger partial charge in [-0.1, -0.05) is 59.1 Å². The first-order valence-electron chi connectivity index (χ1n) is 10.1. The SMILES string of the molecule is O=S(=O)(Nc1cccc(Cl)c1)c1ccc2c(c1)[C@H]1C=CC[C@H]1[C@@H](c1c(Cl)cccc1Cl)N2. The van der Waals surface area contributed by atoms with E-state index in [2.05, 4.69) is 22.2 Å². The molecule has 1 aliphatic heterocycles. The molecule has 2 aliphatic rings. The minimum atomic E-state index is -3.77. The maximum absolute atomic E-state index is 13.0. The molecule has 0 saturated carbocycles. The standard InChI is InChI=1S/C24H19Cl3N2O2S/c25-14-4-1-5-15(12-14)29-32(30,31)16-10-11-22-19(13-16)17-6-2-7-18(17)24(28-22)23-20(26)8-3-9-21(23)27/h1-6,8-13,17-18,24,28-29H,7H2/t17-,18+,24-/m0/s1. The van der Waals surface area contributed by atoms with Crippen LogP contribution in [0.1, 0.15) is 29.5 Å². The number of hydrogen-bond donors (Lipinski definition) is 2. The van der Waals surface area contributed by atoms with Crippen LogP contribution in [0.15, 0.2) is 77.7 Å². The summed E-state index contributed by atoms with van der Waals surface area (Å²) in [4.78, 5) is 0.200. The van der Waals surface area contributed by atoms with Gasteiger partial charge in [0.15, 0.2) is 0 Å². The Hall–Kier alpha value is -2.18. The molecule has 1 aliphatic carbocycles. The molecule has 164 valence electrons. The van der Waals surface area contributed by atoms with Gasteiger partial charge in [0.1, 0.15) is 0 Å². The van der Waals surface area contributed by atoms with Crippen LogP contribution in [0.2, 0.25) is 15.1 Å². The fourth-order valence-corrected chi connectivity index (χ4v) is 6.51. The van der Waals surface area contributed by atoms with Crippen molar-refractivity contribution >= 4 is 56.2 Å². The third kappa shape index (κ3) is 3.88. The predicted octanol–water partition coefficient (Wildman–Crippen LogP) is 7.27. The maximum atomic E-state index is 13.0. The molecule has 0 unspecified atom stereocenters. The molecule has 0 saturated heterocycles. The predicted molar refractivity (Wildman–Crippen MR) is 132 cm³/mol. The zero-order valence-corrected chi connectivity index (χ0v) is 19.8. The third-order valence-electron chi connectivity index (χ3n) is 6.03. The van der Waals surface area contributed by atoms with Crippen molar-refractivity contribution in [3.05, 3.63) is 99.0 Å². The monoisotopic (exact) mass is 504 g/mol. The Kier molecular flexibility index (Phi) is 5.62. The van der Waals surface area contributed by atoms with Gasteiger partial charge >= 0.3 is 0 Å². The summed E-state index contributed by atoms with van der Waals surface area (Å²) in [6.45, 7) is 0. The van der Waals surface area contributed by atoms with Crippen molar-refractivity contribution in [2.75, 3.05) is 10.0 Å². The van der Waals surface area contributed by atoms with Crippen LogP contribution in [0.4, 0.5) is 11.4 Å². The van der Waals surface area contributed by atoms with Gasteiger partial charge in [-0.3, -0.25) is 4.72 Å². The van der Waals surface area contributed by atoms with Crippen molar-refractivity contribution in [1.82, 2.24) is 0 Å². The lowest BCUT2D eigenvalue weighted by atomic mass is 9.77. The molecule has 3 aromatic rings. The van der Waals surface area contributed by atoms with E-state index in [4.69, 9.17) is 34.8 Å². The van der Waals surface area contributed by atoms with E-state index in [1.807, 2.05) is 24.3 Å². The number of sulfonamides is 1. The fraction of sp³-hybridized carbons (Fsp3) is 0.167. The lowest BCUT2D eigenvalue weighted by Gasteiger charge is -2.38. The highest BCUT2D eigenvalue weighted by molar-refractivity contribution is 7.92. The van der Waals surface area contributed by atoms with E-state index < -0.39 is 10.0 Å². The van der Waals surface area contributed by atoms with Crippen molar-refractivity contribution in [2.24, 2.45) is 5.92 Å². The molecule has 0 spiro atoms. The van der Waals surface area contributed by atoms with Crippen LogP contribution in [0.5, 0.6) is 0 Å². The molecule has 0 aromatic heterocycles. The van der Waals surface area contributed by atoms with Crippen LogP contribution in [0, 0.1) is 5.92 Å². The number of hydrogen-bond acceptors (Lipinski definition) is 3. The van der Waals surface area contributed by atoms with E-state index in [0.29, 0.717) is 20.8 Å². The van der Waals surface area contributed by atoms with Crippen LogP contribution in [0.3, 0.4) is 0 Å². The first-order valence-corrected chi connectivity index (χ1v) is 12.7. The van der Waals surface area contributed by atoms with E-state index in [9.17, 15) is 8.42 Å². The van der Waals surface area contributed by atoms with Crippen molar-refractivity contribution < 1.29 is 8.42 Å². The summed E-state index contributed by atoms with van der Waals surface area (Å²) in [5.41, 5.74) is 3.11. The Labute approximate surface area is 202 Å². The highest BCUT2D eigenvalue weighted by atomic mass is 35.5. The fourth-order valence-electron chi connectivity index (χ4n) is 4.60. The minimum absolute atomic E-state index is 0.0601. The summed E-state index contributed by atoms with van der Waals surface area (Å²) in [6, 6.07) is 17.2. The molecule has 4 nitrogen and oxygen atoms in total. The molecule has 0 bridgehead atoms. The van der Waals surface area contributed by atoms with Crippen LogP contribution >= 0.6 is 34.8 Å². The smallest absolute Gasteiger partial charge is 0.261 e. The zero-order chi connectivity index (χ0) is 22.5. The lowest BCUT2D eigenvalue weighted by molar-refractivity contribution is 0.425. The maximum Gasteiger partial charge on any atom is 0.261 e. The number of rotatable bonds is 4. The Morgan fingerprint density at radius 3 is 2.44 bits per heavy atom. The number of benzene rings is 3. The summed E-state index contributed by atoms with van der Waals surface area (Å²) in [7, 11) is -3.77. The van der Waals surface area contributed by atoms with Gasteiger partial charge in [0, 0.05) is 32.2 Å². The number of nitrogens with one attached hydrogen (secondary N) is 2. The van der Waals surface area contributed by atoms with Gasteiger partial charge < -0.3 is 5.32 Å². The quantitative estimate of drug-likeness (QED) is 0.366. The highest BCUT2D eigenvalue weighted by Gasteiger charge is 2.40. The summed E-state index contributed by atoms with van der Waals surface area (Å²) in [6.07, 6.45) is 5.12. The number of fused-ring (bicyclic) bond motifs is 3. The third-order valence-corrected chi connectivity index (χ3v) is 8.31. The van der Waals surface area contributed by atoms with Crippen LogP contribution in [-0.2, 0) is 10.0 Å². The summed E-state index contributed by atoms with van der Waals surface area (Å²) in [5, 5.41) is 5.26. The Bertz CT molecular complexity index is 1320. The highest BCUT2D eigenvalue weighted by Crippen LogP contribution is 2.52. The molecule has 0 amide bonds. The average Bonchev–Trinajstić information content (AvgIpc) is 3.23. The molecule has 0 fully saturated rings. The normalized spacial score (nSPS) is 21.5. The van der Waals surface area contributed by atoms with E-state index in [-0.39, 0.29) is 22.8 Å². The van der Waals surface area contributed by atoms with Gasteiger partial charge in [0.2, 0.25) is 0 Å². The molecule has 5 rings (SSSR count). The Morgan fingerprint density at radius 1 is 0.938 bits per heavy atom. The second-order valence-electron chi connectivity index (χ2n) is 7.98. The zero-order valence-electron chi connectivity index (χ0n) is 16.7. The molecule has 32 heavy (non-hydrogen) atoms. The first kappa shape index (κ1) is 21.7. The number of halogens is 3. The second kappa shape index (κ2) is 8.31. The summed E-state index contributed by atoms with van der Waals surface area (Å²) < 4.78 is 28.7. The van der Waals surface area contributed by atoms with Gasteiger partial charge in [-0.25, -0.2) is 8.42 Å². The van der Waals surface area contributed by atoms with E-state index in [1.54, 1.807) is 36.4 Å². The minimum Gasteiger partial charge on any atom is -0.378 e. The van der Waals surface area contributed by atoms with Gasteiger partial charge in [0.05, 0.1) is 16.6 Å². The molecule has 3 atom stereocenters. The van der Waals surface area contributed by atoms with Gasteiger partial charge in [0.25, 0.3) is 10.0 Å². The number of allylic oxidation sites excluding steroid dienone is 2. The van der Waals surface area contributed by atoms with Gasteiger partial charge in [-0.15, -0.1) is 0 Å². The second-order valence-corrected chi connectivity index (χ2v) is 10.9. The lowest BCUT2D eigenvalue weighted by Crippen LogP contribution is -2.29. The van der Waals surface area contributed by atoms with E-state index >= 15 is 0 Å². The van der Waals surface area contributed by atoms with Crippen LogP contribution in [-0.4, -0.2) is 8.42 Å². The first-order chi connectivity index (χ1) is 15.3. The van der Waals surface area contributed by atoms with Crippen LogP contribution < -0.4 is 10.0 Å². The topological polar surface area (TPSA) is 58.2 Å². The molecule has 2 N–H and O–H groups in total. The van der Waals surface area contributed by atoms with Gasteiger partial charge in [-0.05, 0) is 66.4 Å². The van der Waals surface area contributed by atoms with Crippen molar-refractivity contribution in [3.63, 3.8) is 0 Å².